The molecule has 0 aliphatic heterocycles. The zero-order chi connectivity index (χ0) is 18.1. The molecule has 0 radical (unpaired) electrons. The Morgan fingerprint density at radius 1 is 1.12 bits per heavy atom. The number of aryl methyl sites for hydroxylation is 2. The van der Waals surface area contributed by atoms with Crippen molar-refractivity contribution in [1.29, 1.82) is 0 Å². The second kappa shape index (κ2) is 9.62. The van der Waals surface area contributed by atoms with Gasteiger partial charge in [0.15, 0.2) is 0 Å². The van der Waals surface area contributed by atoms with E-state index in [1.165, 1.54) is 16.7 Å². The molecule has 25 heavy (non-hydrogen) atoms. The van der Waals surface area contributed by atoms with Gasteiger partial charge in [0.1, 0.15) is 0 Å². The Hall–Kier alpha value is -2.62. The van der Waals surface area contributed by atoms with Crippen molar-refractivity contribution >= 4 is 25.9 Å². The summed E-state index contributed by atoms with van der Waals surface area (Å²) in [5, 5.41) is 0. The van der Waals surface area contributed by atoms with E-state index in [4.69, 9.17) is 0 Å². The Balaban J connectivity index is 1.90. The highest BCUT2D eigenvalue weighted by molar-refractivity contribution is 5.80. The van der Waals surface area contributed by atoms with Gasteiger partial charge < -0.3 is 0 Å². The van der Waals surface area contributed by atoms with E-state index in [0.717, 1.165) is 12.0 Å². The number of rotatable bonds is 9. The molecule has 0 N–H and O–H groups in total. The molecule has 0 amide bonds. The van der Waals surface area contributed by atoms with Crippen molar-refractivity contribution in [2.45, 2.75) is 26.2 Å². The summed E-state index contributed by atoms with van der Waals surface area (Å²) in [6.07, 6.45) is 9.97. The Labute approximate surface area is 150 Å². The summed E-state index contributed by atoms with van der Waals surface area (Å²) in [7, 11) is 0. The Morgan fingerprint density at radius 2 is 1.92 bits per heavy atom. The molecule has 1 saturated carbocycles. The second-order valence-corrected chi connectivity index (χ2v) is 6.22. The van der Waals surface area contributed by atoms with Crippen molar-refractivity contribution in [2.24, 2.45) is 25.9 Å². The van der Waals surface area contributed by atoms with Crippen LogP contribution in [0.5, 0.6) is 0 Å². The minimum atomic E-state index is 0.487. The summed E-state index contributed by atoms with van der Waals surface area (Å²) >= 11 is 0. The van der Waals surface area contributed by atoms with Gasteiger partial charge in [0.25, 0.3) is 0 Å². The summed E-state index contributed by atoms with van der Waals surface area (Å²) < 4.78 is 0. The molecule has 1 aliphatic carbocycles. The van der Waals surface area contributed by atoms with E-state index in [9.17, 15) is 0 Å². The topological polar surface area (TPSA) is 49.4 Å². The SMILES string of the molecule is C=N/C=C\C=NCCN=C/C(=C\N=C)C1CC1c1ccc(C)c(C)c1. The molecule has 0 aromatic heterocycles. The summed E-state index contributed by atoms with van der Waals surface area (Å²) in [4.78, 5) is 16.3. The maximum absolute atomic E-state index is 4.47. The lowest BCUT2D eigenvalue weighted by molar-refractivity contribution is 0.958. The van der Waals surface area contributed by atoms with Crippen LogP contribution in [0.25, 0.3) is 0 Å². The number of allylic oxidation sites excluding steroid dienone is 2. The van der Waals surface area contributed by atoms with Crippen molar-refractivity contribution in [3.63, 3.8) is 0 Å². The predicted molar refractivity (Wildman–Crippen MR) is 110 cm³/mol. The average Bonchev–Trinajstić information content (AvgIpc) is 3.39. The molecule has 0 saturated heterocycles. The first-order valence-corrected chi connectivity index (χ1v) is 8.51. The predicted octanol–water partition coefficient (Wildman–Crippen LogP) is 4.35. The highest BCUT2D eigenvalue weighted by Crippen LogP contribution is 2.51. The summed E-state index contributed by atoms with van der Waals surface area (Å²) in [5.74, 6) is 1.05. The molecule has 2 unspecified atom stereocenters. The van der Waals surface area contributed by atoms with Crippen LogP contribution < -0.4 is 0 Å². The van der Waals surface area contributed by atoms with Crippen molar-refractivity contribution in [3.8, 4) is 0 Å². The maximum Gasteiger partial charge on any atom is 0.0585 e. The summed E-state index contributed by atoms with van der Waals surface area (Å²) in [5.41, 5.74) is 5.25. The molecule has 0 spiro atoms. The molecule has 0 bridgehead atoms. The molecule has 1 aliphatic rings. The fourth-order valence-electron chi connectivity index (χ4n) is 2.78. The van der Waals surface area contributed by atoms with E-state index in [-0.39, 0.29) is 0 Å². The van der Waals surface area contributed by atoms with Gasteiger partial charge >= 0.3 is 0 Å². The third-order valence-corrected chi connectivity index (χ3v) is 4.40. The van der Waals surface area contributed by atoms with Crippen LogP contribution >= 0.6 is 0 Å². The van der Waals surface area contributed by atoms with Gasteiger partial charge in [0.05, 0.1) is 13.1 Å². The van der Waals surface area contributed by atoms with Crippen LogP contribution in [0.15, 0.2) is 62.2 Å². The molecule has 0 heterocycles. The first kappa shape index (κ1) is 18.7. The normalized spacial score (nSPS) is 20.6. The lowest BCUT2D eigenvalue weighted by Crippen LogP contribution is -1.95. The van der Waals surface area contributed by atoms with Crippen LogP contribution in [0, 0.1) is 19.8 Å². The van der Waals surface area contributed by atoms with E-state index in [2.05, 4.69) is 65.5 Å². The monoisotopic (exact) mass is 334 g/mol. The number of hydrogen-bond acceptors (Lipinski definition) is 4. The maximum atomic E-state index is 4.47. The zero-order valence-electron chi connectivity index (χ0n) is 15.1. The molecule has 4 nitrogen and oxygen atoms in total. The van der Waals surface area contributed by atoms with Crippen LogP contribution in [-0.2, 0) is 0 Å². The standard InChI is InChI=1S/C21H26N4/c1-16-6-7-18(12-17(16)2)20-13-21(20)19(14-23-4)15-25-11-10-24-9-5-8-22-3/h5-9,12,14-15,20-21H,3-4,10-11,13H2,1-2H3/b8-5-,19-14+,24-9?,25-15?. The Kier molecular flexibility index (Phi) is 7.20. The lowest BCUT2D eigenvalue weighted by Gasteiger charge is -2.05. The smallest absolute Gasteiger partial charge is 0.0585 e. The second-order valence-electron chi connectivity index (χ2n) is 6.22. The minimum absolute atomic E-state index is 0.487. The summed E-state index contributed by atoms with van der Waals surface area (Å²) in [6.45, 7) is 12.6. The Morgan fingerprint density at radius 3 is 2.64 bits per heavy atom. The molecular formula is C21H26N4. The molecule has 4 heteroatoms. The van der Waals surface area contributed by atoms with Crippen LogP contribution in [-0.4, -0.2) is 39.0 Å². The van der Waals surface area contributed by atoms with Gasteiger partial charge in [-0.05, 0) is 73.9 Å². The average molecular weight is 334 g/mol. The molecule has 1 aromatic carbocycles. The van der Waals surface area contributed by atoms with Gasteiger partial charge in [0, 0.05) is 24.8 Å². The highest BCUT2D eigenvalue weighted by atomic mass is 14.8. The number of benzene rings is 1. The minimum Gasteiger partial charge on any atom is -0.291 e. The fraction of sp³-hybridized carbons (Fsp3) is 0.333. The van der Waals surface area contributed by atoms with Crippen molar-refractivity contribution < 1.29 is 0 Å². The zero-order valence-corrected chi connectivity index (χ0v) is 15.1. The first-order valence-electron chi connectivity index (χ1n) is 8.51. The number of aliphatic imine (C=N–C) groups is 4. The van der Waals surface area contributed by atoms with Gasteiger partial charge in [-0.25, -0.2) is 0 Å². The van der Waals surface area contributed by atoms with Gasteiger partial charge in [0.2, 0.25) is 0 Å². The molecule has 1 fully saturated rings. The van der Waals surface area contributed by atoms with Gasteiger partial charge in [-0.2, -0.15) is 0 Å². The lowest BCUT2D eigenvalue weighted by atomic mass is 10.0. The van der Waals surface area contributed by atoms with Crippen LogP contribution in [0.2, 0.25) is 0 Å². The summed E-state index contributed by atoms with van der Waals surface area (Å²) in [6, 6.07) is 6.75. The quantitative estimate of drug-likeness (QED) is 0.476. The fourth-order valence-corrected chi connectivity index (χ4v) is 2.78. The van der Waals surface area contributed by atoms with E-state index < -0.39 is 0 Å². The number of hydrogen-bond donors (Lipinski definition) is 0. The molecule has 130 valence electrons. The van der Waals surface area contributed by atoms with Crippen molar-refractivity contribution in [1.82, 2.24) is 0 Å². The number of nitrogens with zero attached hydrogens (tertiary/aromatic N) is 4. The first-order chi connectivity index (χ1) is 12.2. The van der Waals surface area contributed by atoms with Crippen LogP contribution in [0.4, 0.5) is 0 Å². The van der Waals surface area contributed by atoms with E-state index in [1.54, 1.807) is 18.5 Å². The third-order valence-electron chi connectivity index (χ3n) is 4.40. The van der Waals surface area contributed by atoms with Crippen molar-refractivity contribution in [2.75, 3.05) is 13.1 Å². The molecule has 2 atom stereocenters. The molecule has 1 aromatic rings. The Bertz CT molecular complexity index is 725. The van der Waals surface area contributed by atoms with E-state index in [0.29, 0.717) is 24.9 Å². The molecular weight excluding hydrogens is 308 g/mol. The van der Waals surface area contributed by atoms with E-state index >= 15 is 0 Å². The van der Waals surface area contributed by atoms with Gasteiger partial charge in [-0.15, -0.1) is 0 Å². The van der Waals surface area contributed by atoms with Crippen molar-refractivity contribution in [3.05, 3.63) is 58.9 Å². The van der Waals surface area contributed by atoms with E-state index in [1.807, 2.05) is 12.4 Å². The van der Waals surface area contributed by atoms with Crippen LogP contribution in [0.1, 0.15) is 29.0 Å². The third kappa shape index (κ3) is 5.75. The molecule has 2 rings (SSSR count). The van der Waals surface area contributed by atoms with Crippen LogP contribution in [0.3, 0.4) is 0 Å². The van der Waals surface area contributed by atoms with Gasteiger partial charge in [-0.1, -0.05) is 18.2 Å². The largest absolute Gasteiger partial charge is 0.291 e. The van der Waals surface area contributed by atoms with Gasteiger partial charge in [-0.3, -0.25) is 20.0 Å². The highest BCUT2D eigenvalue weighted by Gasteiger charge is 2.40.